The van der Waals surface area contributed by atoms with E-state index in [2.05, 4.69) is 38.1 Å². The summed E-state index contributed by atoms with van der Waals surface area (Å²) in [5.41, 5.74) is 1.30. The average Bonchev–Trinajstić information content (AvgIpc) is 2.62. The van der Waals surface area contributed by atoms with Gasteiger partial charge in [-0.1, -0.05) is 22.0 Å². The fourth-order valence-corrected chi connectivity index (χ4v) is 3.56. The molecule has 1 atom stereocenters. The lowest BCUT2D eigenvalue weighted by Gasteiger charge is -2.36. The van der Waals surface area contributed by atoms with E-state index in [0.717, 1.165) is 29.5 Å². The highest BCUT2D eigenvalue weighted by molar-refractivity contribution is 9.10. The number of aliphatic imine (C=N–C) groups is 1. The number of nitrogens with one attached hydrogen (secondary N) is 1. The highest BCUT2D eigenvalue weighted by Crippen LogP contribution is 2.21. The van der Waals surface area contributed by atoms with Crippen LogP contribution in [-0.4, -0.2) is 28.6 Å². The molecule has 4 nitrogen and oxygen atoms in total. The van der Waals surface area contributed by atoms with Crippen molar-refractivity contribution in [2.45, 2.75) is 38.8 Å². The standard InChI is InChI=1S/C20H23BrFN3O/c1-14-5-2-3-10-25(14)20(24-17-6-4-7-18(26)12-17)23-13-15-11-16(21)8-9-19(15)22/h4,6-9,11-12,14,26H,2-3,5,10,13H2,1H3,(H,23,24). The number of phenolic OH excluding ortho intramolecular Hbond substituents is 1. The number of likely N-dealkylation sites (tertiary alicyclic amines) is 1. The zero-order chi connectivity index (χ0) is 18.5. The van der Waals surface area contributed by atoms with Crippen molar-refractivity contribution >= 4 is 27.6 Å². The molecule has 2 N–H and O–H groups in total. The van der Waals surface area contributed by atoms with E-state index >= 15 is 0 Å². The fourth-order valence-electron chi connectivity index (χ4n) is 3.15. The van der Waals surface area contributed by atoms with Crippen molar-refractivity contribution < 1.29 is 9.50 Å². The van der Waals surface area contributed by atoms with Crippen LogP contribution in [0.2, 0.25) is 0 Å². The molecule has 1 fully saturated rings. The first-order chi connectivity index (χ1) is 12.5. The van der Waals surface area contributed by atoms with Gasteiger partial charge in [0.25, 0.3) is 0 Å². The molecule has 0 radical (unpaired) electrons. The molecule has 6 heteroatoms. The number of aromatic hydroxyl groups is 1. The number of phenols is 1. The van der Waals surface area contributed by atoms with Gasteiger partial charge in [-0.3, -0.25) is 0 Å². The number of anilines is 1. The van der Waals surface area contributed by atoms with Crippen LogP contribution in [0.4, 0.5) is 10.1 Å². The Bertz CT molecular complexity index is 796. The minimum absolute atomic E-state index is 0.194. The molecule has 138 valence electrons. The normalized spacial score (nSPS) is 18.0. The summed E-state index contributed by atoms with van der Waals surface area (Å²) < 4.78 is 14.9. The number of hydrogen-bond donors (Lipinski definition) is 2. The lowest BCUT2D eigenvalue weighted by atomic mass is 10.0. The Balaban J connectivity index is 1.87. The van der Waals surface area contributed by atoms with Gasteiger partial charge in [-0.15, -0.1) is 0 Å². The van der Waals surface area contributed by atoms with Crippen molar-refractivity contribution in [3.8, 4) is 5.75 Å². The third-order valence-electron chi connectivity index (χ3n) is 4.58. The Hall–Kier alpha value is -2.08. The van der Waals surface area contributed by atoms with Crippen molar-refractivity contribution in [3.05, 3.63) is 58.3 Å². The topological polar surface area (TPSA) is 47.9 Å². The van der Waals surface area contributed by atoms with Gasteiger partial charge in [0, 0.05) is 34.4 Å². The van der Waals surface area contributed by atoms with Gasteiger partial charge in [0.05, 0.1) is 6.54 Å². The van der Waals surface area contributed by atoms with Crippen molar-refractivity contribution in [3.63, 3.8) is 0 Å². The van der Waals surface area contributed by atoms with Gasteiger partial charge in [0.2, 0.25) is 0 Å². The van der Waals surface area contributed by atoms with Crippen LogP contribution in [0.1, 0.15) is 31.7 Å². The summed E-state index contributed by atoms with van der Waals surface area (Å²) in [6.45, 7) is 3.33. The second-order valence-corrected chi connectivity index (χ2v) is 7.50. The first kappa shape index (κ1) is 18.7. The van der Waals surface area contributed by atoms with Gasteiger partial charge < -0.3 is 15.3 Å². The van der Waals surface area contributed by atoms with Crippen LogP contribution in [0.5, 0.6) is 5.75 Å². The van der Waals surface area contributed by atoms with Gasteiger partial charge in [0.15, 0.2) is 5.96 Å². The molecule has 2 aromatic rings. The lowest BCUT2D eigenvalue weighted by molar-refractivity contribution is 0.257. The van der Waals surface area contributed by atoms with Gasteiger partial charge in [-0.05, 0) is 56.5 Å². The number of hydrogen-bond acceptors (Lipinski definition) is 2. The third kappa shape index (κ3) is 4.75. The molecule has 1 saturated heterocycles. The first-order valence-corrected chi connectivity index (χ1v) is 9.63. The van der Waals surface area contributed by atoms with Gasteiger partial charge >= 0.3 is 0 Å². The second kappa shape index (κ2) is 8.54. The average molecular weight is 420 g/mol. The highest BCUT2D eigenvalue weighted by Gasteiger charge is 2.22. The van der Waals surface area contributed by atoms with E-state index < -0.39 is 0 Å². The van der Waals surface area contributed by atoms with E-state index in [1.54, 1.807) is 30.3 Å². The summed E-state index contributed by atoms with van der Waals surface area (Å²) >= 11 is 3.38. The van der Waals surface area contributed by atoms with Gasteiger partial charge in [0.1, 0.15) is 11.6 Å². The smallest absolute Gasteiger partial charge is 0.199 e. The lowest BCUT2D eigenvalue weighted by Crippen LogP contribution is -2.45. The molecule has 0 saturated carbocycles. The molecule has 3 rings (SSSR count). The van der Waals surface area contributed by atoms with E-state index in [1.807, 2.05) is 6.07 Å². The van der Waals surface area contributed by atoms with E-state index in [9.17, 15) is 9.50 Å². The molecule has 1 heterocycles. The Morgan fingerprint density at radius 3 is 2.92 bits per heavy atom. The molecule has 0 bridgehead atoms. The van der Waals surface area contributed by atoms with Crippen LogP contribution in [0.3, 0.4) is 0 Å². The number of halogens is 2. The molecule has 0 spiro atoms. The summed E-state index contributed by atoms with van der Waals surface area (Å²) in [5.74, 6) is 0.640. The van der Waals surface area contributed by atoms with Crippen LogP contribution in [-0.2, 0) is 6.54 Å². The summed E-state index contributed by atoms with van der Waals surface area (Å²) in [6, 6.07) is 12.2. The van der Waals surface area contributed by atoms with Crippen molar-refractivity contribution in [1.29, 1.82) is 0 Å². The maximum absolute atomic E-state index is 14.1. The molecule has 2 aromatic carbocycles. The number of nitrogens with zero attached hydrogens (tertiary/aromatic N) is 2. The Morgan fingerprint density at radius 2 is 2.15 bits per heavy atom. The summed E-state index contributed by atoms with van der Waals surface area (Å²) in [4.78, 5) is 6.91. The van der Waals surface area contributed by atoms with Crippen molar-refractivity contribution in [2.24, 2.45) is 4.99 Å². The molecular formula is C20H23BrFN3O. The Labute approximate surface area is 161 Å². The monoisotopic (exact) mass is 419 g/mol. The van der Waals surface area contributed by atoms with Crippen LogP contribution in [0, 0.1) is 5.82 Å². The Kier molecular flexibility index (Phi) is 6.14. The molecule has 1 unspecified atom stereocenters. The minimum Gasteiger partial charge on any atom is -0.508 e. The summed E-state index contributed by atoms with van der Waals surface area (Å²) in [7, 11) is 0. The van der Waals surface area contributed by atoms with Gasteiger partial charge in [-0.2, -0.15) is 0 Å². The molecular weight excluding hydrogens is 397 g/mol. The van der Waals surface area contributed by atoms with Crippen LogP contribution < -0.4 is 5.32 Å². The predicted octanol–water partition coefficient (Wildman–Crippen LogP) is 5.14. The zero-order valence-corrected chi connectivity index (χ0v) is 16.3. The van der Waals surface area contributed by atoms with E-state index in [-0.39, 0.29) is 18.1 Å². The number of guanidine groups is 1. The van der Waals surface area contributed by atoms with E-state index in [4.69, 9.17) is 0 Å². The van der Waals surface area contributed by atoms with E-state index in [0.29, 0.717) is 17.6 Å². The SMILES string of the molecule is CC1CCCCN1C(=NCc1cc(Br)ccc1F)Nc1cccc(O)c1. The number of benzene rings is 2. The van der Waals surface area contributed by atoms with Crippen molar-refractivity contribution in [1.82, 2.24) is 4.90 Å². The predicted molar refractivity (Wildman–Crippen MR) is 107 cm³/mol. The summed E-state index contributed by atoms with van der Waals surface area (Å²) in [6.07, 6.45) is 3.42. The van der Waals surface area contributed by atoms with Crippen LogP contribution in [0.15, 0.2) is 51.9 Å². The fraction of sp³-hybridized carbons (Fsp3) is 0.350. The molecule has 26 heavy (non-hydrogen) atoms. The highest BCUT2D eigenvalue weighted by atomic mass is 79.9. The maximum Gasteiger partial charge on any atom is 0.199 e. The summed E-state index contributed by atoms with van der Waals surface area (Å²) in [5, 5.41) is 13.0. The van der Waals surface area contributed by atoms with Gasteiger partial charge in [-0.25, -0.2) is 9.38 Å². The molecule has 0 aromatic heterocycles. The quantitative estimate of drug-likeness (QED) is 0.534. The number of piperidine rings is 1. The largest absolute Gasteiger partial charge is 0.508 e. The first-order valence-electron chi connectivity index (χ1n) is 8.84. The van der Waals surface area contributed by atoms with Crippen LogP contribution in [0.25, 0.3) is 0 Å². The molecule has 1 aliphatic rings. The van der Waals surface area contributed by atoms with Crippen molar-refractivity contribution in [2.75, 3.05) is 11.9 Å². The Morgan fingerprint density at radius 1 is 1.31 bits per heavy atom. The number of rotatable bonds is 3. The minimum atomic E-state index is -0.264. The third-order valence-corrected chi connectivity index (χ3v) is 5.08. The molecule has 1 aliphatic heterocycles. The maximum atomic E-state index is 14.1. The zero-order valence-electron chi connectivity index (χ0n) is 14.8. The second-order valence-electron chi connectivity index (χ2n) is 6.59. The van der Waals surface area contributed by atoms with Crippen LogP contribution >= 0.6 is 15.9 Å². The molecule has 0 aliphatic carbocycles. The van der Waals surface area contributed by atoms with E-state index in [1.165, 1.54) is 12.5 Å². The molecule has 0 amide bonds.